The van der Waals surface area contributed by atoms with E-state index in [-0.39, 0.29) is 28.0 Å². The molecule has 0 unspecified atom stereocenters. The molecular weight excluding hydrogens is 548 g/mol. The minimum atomic E-state index is -1.48. The highest BCUT2D eigenvalue weighted by Crippen LogP contribution is 2.36. The van der Waals surface area contributed by atoms with Crippen LogP contribution in [0.15, 0.2) is 69.9 Å². The number of rotatable bonds is 7. The number of aromatic amines is 1. The van der Waals surface area contributed by atoms with E-state index in [0.29, 0.717) is 0 Å². The fourth-order valence-corrected chi connectivity index (χ4v) is 4.88. The molecule has 4 aromatic rings. The number of carbonyl (C=O) groups excluding carboxylic acids is 2. The van der Waals surface area contributed by atoms with E-state index in [2.05, 4.69) is 10.3 Å². The summed E-state index contributed by atoms with van der Waals surface area (Å²) in [6.07, 6.45) is -4.81. The molecule has 2 aromatic heterocycles. The number of aromatic hydroxyl groups is 1. The number of aryl methyl sites for hydroxylation is 1. The van der Waals surface area contributed by atoms with Crippen molar-refractivity contribution in [3.63, 3.8) is 0 Å². The van der Waals surface area contributed by atoms with Gasteiger partial charge < -0.3 is 43.9 Å². The van der Waals surface area contributed by atoms with Crippen molar-refractivity contribution in [3.05, 3.63) is 88.0 Å². The fourth-order valence-electron chi connectivity index (χ4n) is 4.88. The van der Waals surface area contributed by atoms with E-state index in [1.165, 1.54) is 25.3 Å². The molecule has 3 heterocycles. The van der Waals surface area contributed by atoms with Gasteiger partial charge in [-0.05, 0) is 57.2 Å². The summed E-state index contributed by atoms with van der Waals surface area (Å²) in [7, 11) is 1.41. The summed E-state index contributed by atoms with van der Waals surface area (Å²) in [4.78, 5) is 40.9. The van der Waals surface area contributed by atoms with E-state index in [1.807, 2.05) is 0 Å². The standard InChI is InChI=1S/C30H30N2O10/c1-15-10-13-19(31-15)27(36)41-24-23(34)29(42-30(2,3)25(24)38-4)39-17-11-12-18-20(14-17)40-28(37)21(22(18)33)32-26(35)16-8-6-5-7-9-16/h5-14,23-25,29,31,33-34H,1-4H3,(H,32,35)/t23-,24+,25-,29-/m1/s1. The molecule has 0 aliphatic carbocycles. The maximum atomic E-state index is 12.8. The van der Waals surface area contributed by atoms with Crippen molar-refractivity contribution in [2.45, 2.75) is 51.0 Å². The Bertz CT molecular complexity index is 1680. The Balaban J connectivity index is 1.39. The summed E-state index contributed by atoms with van der Waals surface area (Å²) in [6, 6.07) is 15.7. The van der Waals surface area contributed by atoms with Crippen molar-refractivity contribution >= 4 is 28.5 Å². The van der Waals surface area contributed by atoms with Gasteiger partial charge >= 0.3 is 11.6 Å². The van der Waals surface area contributed by atoms with Gasteiger partial charge in [-0.3, -0.25) is 4.79 Å². The van der Waals surface area contributed by atoms with Crippen molar-refractivity contribution in [3.8, 4) is 11.5 Å². The van der Waals surface area contributed by atoms with Gasteiger partial charge in [0.05, 0.1) is 11.0 Å². The maximum absolute atomic E-state index is 12.8. The summed E-state index contributed by atoms with van der Waals surface area (Å²) in [5.41, 5.74) is -1.24. The first-order valence-corrected chi connectivity index (χ1v) is 13.1. The largest absolute Gasteiger partial charge is 0.505 e. The average Bonchev–Trinajstić information content (AvgIpc) is 3.40. The van der Waals surface area contributed by atoms with Crippen LogP contribution in [0.1, 0.15) is 40.4 Å². The van der Waals surface area contributed by atoms with E-state index in [1.54, 1.807) is 63.2 Å². The number of fused-ring (bicyclic) bond motifs is 1. The summed E-state index contributed by atoms with van der Waals surface area (Å²) in [5.74, 6) is -1.66. The van der Waals surface area contributed by atoms with Crippen molar-refractivity contribution in [1.82, 2.24) is 4.98 Å². The molecule has 5 rings (SSSR count). The first kappa shape index (κ1) is 28.9. The number of aromatic nitrogens is 1. The van der Waals surface area contributed by atoms with E-state index in [4.69, 9.17) is 23.4 Å². The number of aliphatic hydroxyl groups is 1. The van der Waals surface area contributed by atoms with Crippen molar-refractivity contribution in [1.29, 1.82) is 0 Å². The lowest BCUT2D eigenvalue weighted by Crippen LogP contribution is -2.65. The minimum Gasteiger partial charge on any atom is -0.505 e. The number of methoxy groups -OCH3 is 1. The Kier molecular flexibility index (Phi) is 7.78. The second kappa shape index (κ2) is 11.3. The van der Waals surface area contributed by atoms with E-state index in [0.717, 1.165) is 5.69 Å². The van der Waals surface area contributed by atoms with Gasteiger partial charge in [0.25, 0.3) is 5.91 Å². The zero-order valence-corrected chi connectivity index (χ0v) is 23.2. The molecule has 1 saturated heterocycles. The Morgan fingerprint density at radius 3 is 2.48 bits per heavy atom. The summed E-state index contributed by atoms with van der Waals surface area (Å²) in [6.45, 7) is 5.19. The molecule has 42 heavy (non-hydrogen) atoms. The average molecular weight is 579 g/mol. The molecule has 1 amide bonds. The third-order valence-electron chi connectivity index (χ3n) is 6.95. The highest BCUT2D eigenvalue weighted by molar-refractivity contribution is 6.06. The fraction of sp³-hybridized carbons (Fsp3) is 0.300. The van der Waals surface area contributed by atoms with Crippen LogP contribution < -0.4 is 15.7 Å². The van der Waals surface area contributed by atoms with Gasteiger partial charge in [-0.25, -0.2) is 9.59 Å². The maximum Gasteiger partial charge on any atom is 0.364 e. The number of esters is 1. The van der Waals surface area contributed by atoms with Crippen molar-refractivity contribution in [2.24, 2.45) is 0 Å². The normalized spacial score (nSPS) is 21.5. The Morgan fingerprint density at radius 2 is 1.81 bits per heavy atom. The predicted molar refractivity (Wildman–Crippen MR) is 150 cm³/mol. The van der Waals surface area contributed by atoms with Gasteiger partial charge in [-0.1, -0.05) is 18.2 Å². The quantitative estimate of drug-likeness (QED) is 0.188. The lowest BCUT2D eigenvalue weighted by atomic mass is 9.89. The molecule has 0 bridgehead atoms. The third kappa shape index (κ3) is 5.59. The number of hydrogen-bond acceptors (Lipinski definition) is 10. The zero-order chi connectivity index (χ0) is 30.2. The van der Waals surface area contributed by atoms with Gasteiger partial charge in [0.2, 0.25) is 6.29 Å². The van der Waals surface area contributed by atoms with Crippen LogP contribution in [0.3, 0.4) is 0 Å². The van der Waals surface area contributed by atoms with Gasteiger partial charge in [-0.2, -0.15) is 0 Å². The van der Waals surface area contributed by atoms with Crippen LogP contribution >= 0.6 is 0 Å². The van der Waals surface area contributed by atoms with Gasteiger partial charge in [0, 0.05) is 24.4 Å². The molecule has 220 valence electrons. The molecule has 1 aliphatic rings. The van der Waals surface area contributed by atoms with Crippen LogP contribution in [0, 0.1) is 6.92 Å². The first-order chi connectivity index (χ1) is 20.0. The van der Waals surface area contributed by atoms with Crippen LogP contribution in [0.25, 0.3) is 11.0 Å². The molecule has 1 fully saturated rings. The third-order valence-corrected chi connectivity index (χ3v) is 6.95. The minimum absolute atomic E-state index is 0.0443. The number of aliphatic hydroxyl groups excluding tert-OH is 1. The molecule has 4 atom stereocenters. The number of H-pyrrole nitrogens is 1. The zero-order valence-electron chi connectivity index (χ0n) is 23.2. The Morgan fingerprint density at radius 1 is 1.07 bits per heavy atom. The van der Waals surface area contributed by atoms with Gasteiger partial charge in [0.1, 0.15) is 23.1 Å². The van der Waals surface area contributed by atoms with Gasteiger partial charge in [-0.15, -0.1) is 0 Å². The number of ether oxygens (including phenoxy) is 4. The summed E-state index contributed by atoms with van der Waals surface area (Å²) < 4.78 is 28.5. The molecule has 0 saturated carbocycles. The monoisotopic (exact) mass is 578 g/mol. The number of anilines is 1. The smallest absolute Gasteiger partial charge is 0.364 e. The van der Waals surface area contributed by atoms with E-state index < -0.39 is 59.1 Å². The van der Waals surface area contributed by atoms with Crippen LogP contribution in [-0.2, 0) is 14.2 Å². The highest BCUT2D eigenvalue weighted by Gasteiger charge is 2.53. The number of carbonyl (C=O) groups is 2. The number of amides is 1. The second-order valence-corrected chi connectivity index (χ2v) is 10.4. The lowest BCUT2D eigenvalue weighted by Gasteiger charge is -2.47. The SMILES string of the molecule is CO[C@@H]1[C@@H](OC(=O)c2ccc(C)[nH]2)[C@@H](O)[C@H](Oc2ccc3c(O)c(NC(=O)c4ccccc4)c(=O)oc3c2)OC1(C)C. The molecular formula is C30H30N2O10. The van der Waals surface area contributed by atoms with E-state index in [9.17, 15) is 24.6 Å². The van der Waals surface area contributed by atoms with Crippen LogP contribution in [-0.4, -0.2) is 64.4 Å². The number of hydrogen-bond donors (Lipinski definition) is 4. The first-order valence-electron chi connectivity index (χ1n) is 13.1. The highest BCUT2D eigenvalue weighted by atomic mass is 16.7. The summed E-state index contributed by atoms with van der Waals surface area (Å²) >= 11 is 0. The summed E-state index contributed by atoms with van der Waals surface area (Å²) in [5, 5.41) is 24.5. The molecule has 0 radical (unpaired) electrons. The van der Waals surface area contributed by atoms with Crippen LogP contribution in [0.2, 0.25) is 0 Å². The van der Waals surface area contributed by atoms with Crippen molar-refractivity contribution < 1.29 is 43.2 Å². The van der Waals surface area contributed by atoms with Crippen molar-refractivity contribution in [2.75, 3.05) is 12.4 Å². The molecule has 4 N–H and O–H groups in total. The lowest BCUT2D eigenvalue weighted by molar-refractivity contribution is -0.305. The molecule has 1 aliphatic heterocycles. The Hall–Kier alpha value is -4.65. The topological polar surface area (TPSA) is 170 Å². The molecule has 12 nitrogen and oxygen atoms in total. The number of nitrogens with one attached hydrogen (secondary N) is 2. The Labute approximate surface area is 239 Å². The predicted octanol–water partition coefficient (Wildman–Crippen LogP) is 3.50. The number of benzene rings is 2. The van der Waals surface area contributed by atoms with Crippen LogP contribution in [0.4, 0.5) is 5.69 Å². The molecule has 12 heteroatoms. The molecule has 0 spiro atoms. The van der Waals surface area contributed by atoms with Crippen LogP contribution in [0.5, 0.6) is 11.5 Å². The van der Waals surface area contributed by atoms with E-state index >= 15 is 0 Å². The van der Waals surface area contributed by atoms with Gasteiger partial charge in [0.15, 0.2) is 23.6 Å². The molecule has 2 aromatic carbocycles. The second-order valence-electron chi connectivity index (χ2n) is 10.4.